The van der Waals surface area contributed by atoms with Crippen LogP contribution in [0.25, 0.3) is 0 Å². The zero-order chi connectivity index (χ0) is 17.9. The molecule has 0 atom stereocenters. The standard InChI is InChI=1S/C17H21N3O4/c1-4-17(5-2)15(23)20(16(24)19-17)10-14(22)18-13-8-6-12(7-9-13)11(3)21/h6-9H,4-5,10H2,1-3H3,(H,18,22)(H,19,24). The van der Waals surface area contributed by atoms with Crippen LogP contribution in [0.5, 0.6) is 0 Å². The lowest BCUT2D eigenvalue weighted by Crippen LogP contribution is -2.46. The van der Waals surface area contributed by atoms with Gasteiger partial charge in [-0.25, -0.2) is 4.79 Å². The van der Waals surface area contributed by atoms with E-state index in [0.717, 1.165) is 4.90 Å². The minimum Gasteiger partial charge on any atom is -0.325 e. The van der Waals surface area contributed by atoms with E-state index >= 15 is 0 Å². The molecule has 0 bridgehead atoms. The Kier molecular flexibility index (Phi) is 5.02. The molecule has 2 N–H and O–H groups in total. The smallest absolute Gasteiger partial charge is 0.325 e. The van der Waals surface area contributed by atoms with Crippen LogP contribution in [0.1, 0.15) is 44.0 Å². The van der Waals surface area contributed by atoms with Crippen LogP contribution in [0.2, 0.25) is 0 Å². The first kappa shape index (κ1) is 17.7. The molecule has 0 unspecified atom stereocenters. The maximum Gasteiger partial charge on any atom is 0.325 e. The predicted octanol–water partition coefficient (Wildman–Crippen LogP) is 1.94. The number of rotatable bonds is 6. The first-order valence-electron chi connectivity index (χ1n) is 7.88. The lowest BCUT2D eigenvalue weighted by molar-refractivity contribution is -0.134. The third-order valence-corrected chi connectivity index (χ3v) is 4.33. The van der Waals surface area contributed by atoms with Gasteiger partial charge in [-0.1, -0.05) is 13.8 Å². The summed E-state index contributed by atoms with van der Waals surface area (Å²) in [7, 11) is 0. The van der Waals surface area contributed by atoms with Crippen molar-refractivity contribution in [3.8, 4) is 0 Å². The molecule has 0 saturated carbocycles. The number of nitrogens with zero attached hydrogens (tertiary/aromatic N) is 1. The average Bonchev–Trinajstić information content (AvgIpc) is 2.80. The van der Waals surface area contributed by atoms with Crippen molar-refractivity contribution in [2.45, 2.75) is 39.2 Å². The number of hydrogen-bond donors (Lipinski definition) is 2. The molecule has 128 valence electrons. The van der Waals surface area contributed by atoms with E-state index in [2.05, 4.69) is 10.6 Å². The van der Waals surface area contributed by atoms with Gasteiger partial charge in [0.1, 0.15) is 12.1 Å². The molecule has 1 saturated heterocycles. The number of hydrogen-bond acceptors (Lipinski definition) is 4. The molecule has 1 heterocycles. The normalized spacial score (nSPS) is 16.0. The molecule has 0 radical (unpaired) electrons. The second kappa shape index (κ2) is 6.82. The zero-order valence-corrected chi connectivity index (χ0v) is 14.0. The largest absolute Gasteiger partial charge is 0.325 e. The highest BCUT2D eigenvalue weighted by atomic mass is 16.2. The Labute approximate surface area is 140 Å². The first-order valence-corrected chi connectivity index (χ1v) is 7.88. The third kappa shape index (κ3) is 3.29. The van der Waals surface area contributed by atoms with Gasteiger partial charge in [0.2, 0.25) is 5.91 Å². The van der Waals surface area contributed by atoms with Crippen LogP contribution < -0.4 is 10.6 Å². The second-order valence-electron chi connectivity index (χ2n) is 5.79. The molecule has 7 nitrogen and oxygen atoms in total. The number of anilines is 1. The van der Waals surface area contributed by atoms with E-state index in [9.17, 15) is 19.2 Å². The van der Waals surface area contributed by atoms with Crippen molar-refractivity contribution >= 4 is 29.3 Å². The topological polar surface area (TPSA) is 95.6 Å². The van der Waals surface area contributed by atoms with Gasteiger partial charge in [0.15, 0.2) is 5.78 Å². The summed E-state index contributed by atoms with van der Waals surface area (Å²) < 4.78 is 0. The zero-order valence-electron chi connectivity index (χ0n) is 14.0. The van der Waals surface area contributed by atoms with Crippen LogP contribution in [0.4, 0.5) is 10.5 Å². The number of imide groups is 1. The van der Waals surface area contributed by atoms with Crippen molar-refractivity contribution in [2.75, 3.05) is 11.9 Å². The average molecular weight is 331 g/mol. The molecule has 1 aromatic carbocycles. The third-order valence-electron chi connectivity index (χ3n) is 4.33. The van der Waals surface area contributed by atoms with Gasteiger partial charge >= 0.3 is 6.03 Å². The molecule has 4 amide bonds. The fraction of sp³-hybridized carbons (Fsp3) is 0.412. The summed E-state index contributed by atoms with van der Waals surface area (Å²) >= 11 is 0. The van der Waals surface area contributed by atoms with E-state index in [0.29, 0.717) is 24.1 Å². The fourth-order valence-electron chi connectivity index (χ4n) is 2.68. The van der Waals surface area contributed by atoms with Gasteiger partial charge in [-0.05, 0) is 44.0 Å². The van der Waals surface area contributed by atoms with E-state index in [4.69, 9.17) is 0 Å². The van der Waals surface area contributed by atoms with E-state index in [1.165, 1.54) is 6.92 Å². The lowest BCUT2D eigenvalue weighted by Gasteiger charge is -2.23. The minimum atomic E-state index is -0.916. The molecule has 1 aliphatic rings. The Morgan fingerprint density at radius 1 is 1.12 bits per heavy atom. The minimum absolute atomic E-state index is 0.0670. The number of carbonyl (C=O) groups is 4. The highest BCUT2D eigenvalue weighted by Gasteiger charge is 2.49. The second-order valence-corrected chi connectivity index (χ2v) is 5.79. The molecule has 0 aliphatic carbocycles. The van der Waals surface area contributed by atoms with Crippen LogP contribution in [0, 0.1) is 0 Å². The molecule has 24 heavy (non-hydrogen) atoms. The summed E-state index contributed by atoms with van der Waals surface area (Å²) in [4.78, 5) is 48.7. The summed E-state index contributed by atoms with van der Waals surface area (Å²) in [6, 6.07) is 5.85. The summed E-state index contributed by atoms with van der Waals surface area (Å²) in [5.41, 5.74) is 0.118. The number of carbonyl (C=O) groups excluding carboxylic acids is 4. The Balaban J connectivity index is 2.03. The maximum atomic E-state index is 12.4. The molecule has 1 aromatic rings. The van der Waals surface area contributed by atoms with Gasteiger partial charge < -0.3 is 10.6 Å². The number of benzene rings is 1. The van der Waals surface area contributed by atoms with Crippen molar-refractivity contribution in [3.63, 3.8) is 0 Å². The van der Waals surface area contributed by atoms with Gasteiger partial charge in [0.25, 0.3) is 5.91 Å². The predicted molar refractivity (Wildman–Crippen MR) is 88.6 cm³/mol. The monoisotopic (exact) mass is 331 g/mol. The van der Waals surface area contributed by atoms with Crippen molar-refractivity contribution in [1.29, 1.82) is 0 Å². The summed E-state index contributed by atoms with van der Waals surface area (Å²) in [5, 5.41) is 5.29. The van der Waals surface area contributed by atoms with E-state index in [-0.39, 0.29) is 18.2 Å². The number of amides is 4. The molecule has 0 spiro atoms. The van der Waals surface area contributed by atoms with Gasteiger partial charge in [-0.3, -0.25) is 19.3 Å². The lowest BCUT2D eigenvalue weighted by atomic mass is 9.93. The van der Waals surface area contributed by atoms with Gasteiger partial charge in [0.05, 0.1) is 0 Å². The van der Waals surface area contributed by atoms with Crippen LogP contribution in [0.3, 0.4) is 0 Å². The fourth-order valence-corrected chi connectivity index (χ4v) is 2.68. The molecule has 0 aromatic heterocycles. The molecule has 1 fully saturated rings. The van der Waals surface area contributed by atoms with E-state index < -0.39 is 17.5 Å². The van der Waals surface area contributed by atoms with Crippen LogP contribution in [0.15, 0.2) is 24.3 Å². The molecular weight excluding hydrogens is 310 g/mol. The summed E-state index contributed by atoms with van der Waals surface area (Å²) in [6.45, 7) is 4.75. The summed E-state index contributed by atoms with van der Waals surface area (Å²) in [5.74, 6) is -0.917. The summed E-state index contributed by atoms with van der Waals surface area (Å²) in [6.07, 6.45) is 0.942. The Bertz CT molecular complexity index is 678. The Morgan fingerprint density at radius 2 is 1.71 bits per heavy atom. The SMILES string of the molecule is CCC1(CC)NC(=O)N(CC(=O)Nc2ccc(C(C)=O)cc2)C1=O. The van der Waals surface area contributed by atoms with Gasteiger partial charge in [0, 0.05) is 11.3 Å². The van der Waals surface area contributed by atoms with Crippen molar-refractivity contribution in [1.82, 2.24) is 10.2 Å². The van der Waals surface area contributed by atoms with Crippen LogP contribution >= 0.6 is 0 Å². The highest BCUT2D eigenvalue weighted by Crippen LogP contribution is 2.24. The van der Waals surface area contributed by atoms with Gasteiger partial charge in [-0.15, -0.1) is 0 Å². The van der Waals surface area contributed by atoms with Crippen molar-refractivity contribution in [2.24, 2.45) is 0 Å². The number of nitrogens with one attached hydrogen (secondary N) is 2. The van der Waals surface area contributed by atoms with Crippen molar-refractivity contribution < 1.29 is 19.2 Å². The van der Waals surface area contributed by atoms with Crippen LogP contribution in [-0.2, 0) is 9.59 Å². The maximum absolute atomic E-state index is 12.4. The first-order chi connectivity index (χ1) is 11.3. The van der Waals surface area contributed by atoms with E-state index in [1.807, 2.05) is 13.8 Å². The molecule has 7 heteroatoms. The molecule has 2 rings (SSSR count). The van der Waals surface area contributed by atoms with Crippen LogP contribution in [-0.4, -0.2) is 40.6 Å². The Morgan fingerprint density at radius 3 is 2.17 bits per heavy atom. The quantitative estimate of drug-likeness (QED) is 0.615. The molecular formula is C17H21N3O4. The van der Waals surface area contributed by atoms with Crippen molar-refractivity contribution in [3.05, 3.63) is 29.8 Å². The van der Waals surface area contributed by atoms with Gasteiger partial charge in [-0.2, -0.15) is 0 Å². The van der Waals surface area contributed by atoms with E-state index in [1.54, 1.807) is 24.3 Å². The Hall–Kier alpha value is -2.70. The molecule has 1 aliphatic heterocycles. The number of urea groups is 1. The number of Topliss-reactive ketones (excluding diaryl/α,β-unsaturated/α-hetero) is 1. The number of ketones is 1. The highest BCUT2D eigenvalue weighted by molar-refractivity contribution is 6.10.